The van der Waals surface area contributed by atoms with E-state index < -0.39 is 0 Å². The van der Waals surface area contributed by atoms with Crippen molar-refractivity contribution in [3.8, 4) is 0 Å². The second-order valence-corrected chi connectivity index (χ2v) is 6.54. The molecule has 0 unspecified atom stereocenters. The SMILES string of the molecule is O=C(NCCO)c1ccc(CN2CCN(c3ccc(Cl)nn3)CC2)cc1. The fourth-order valence-corrected chi connectivity index (χ4v) is 3.00. The number of halogens is 1. The lowest BCUT2D eigenvalue weighted by Gasteiger charge is -2.35. The third-order valence-electron chi connectivity index (χ3n) is 4.33. The monoisotopic (exact) mass is 375 g/mol. The van der Waals surface area contributed by atoms with Crippen LogP contribution < -0.4 is 10.2 Å². The smallest absolute Gasteiger partial charge is 0.251 e. The summed E-state index contributed by atoms with van der Waals surface area (Å²) >= 11 is 5.78. The van der Waals surface area contributed by atoms with Crippen molar-refractivity contribution in [2.24, 2.45) is 0 Å². The second kappa shape index (κ2) is 8.93. The third-order valence-corrected chi connectivity index (χ3v) is 4.54. The highest BCUT2D eigenvalue weighted by Gasteiger charge is 2.18. The summed E-state index contributed by atoms with van der Waals surface area (Å²) in [4.78, 5) is 16.4. The standard InChI is InChI=1S/C18H22ClN5O2/c19-16-5-6-17(22-21-16)24-10-8-23(9-11-24)13-14-1-3-15(4-2-14)18(26)20-7-12-25/h1-6,25H,7-13H2,(H,20,26). The molecule has 0 aliphatic carbocycles. The number of carbonyl (C=O) groups excluding carboxylic acids is 1. The predicted octanol–water partition coefficient (Wildman–Crippen LogP) is 1.17. The van der Waals surface area contributed by atoms with E-state index in [1.54, 1.807) is 6.07 Å². The van der Waals surface area contributed by atoms with Crippen molar-refractivity contribution < 1.29 is 9.90 Å². The van der Waals surface area contributed by atoms with Gasteiger partial charge in [0.1, 0.15) is 0 Å². The highest BCUT2D eigenvalue weighted by molar-refractivity contribution is 6.29. The van der Waals surface area contributed by atoms with E-state index >= 15 is 0 Å². The zero-order valence-electron chi connectivity index (χ0n) is 14.4. The molecular weight excluding hydrogens is 354 g/mol. The zero-order chi connectivity index (χ0) is 18.4. The minimum Gasteiger partial charge on any atom is -0.395 e. The molecule has 138 valence electrons. The molecule has 7 nitrogen and oxygen atoms in total. The number of aromatic nitrogens is 2. The molecule has 0 bridgehead atoms. The van der Waals surface area contributed by atoms with Crippen LogP contribution in [-0.4, -0.2) is 65.4 Å². The molecule has 2 N–H and O–H groups in total. The lowest BCUT2D eigenvalue weighted by atomic mass is 10.1. The number of rotatable bonds is 6. The van der Waals surface area contributed by atoms with Crippen molar-refractivity contribution >= 4 is 23.3 Å². The largest absolute Gasteiger partial charge is 0.395 e. The summed E-state index contributed by atoms with van der Waals surface area (Å²) < 4.78 is 0. The Labute approximate surface area is 157 Å². The van der Waals surface area contributed by atoms with Crippen LogP contribution in [0.25, 0.3) is 0 Å². The highest BCUT2D eigenvalue weighted by Crippen LogP contribution is 2.16. The molecule has 8 heteroatoms. The molecule has 0 saturated carbocycles. The van der Waals surface area contributed by atoms with Crippen LogP contribution in [0.2, 0.25) is 5.15 Å². The fraction of sp³-hybridized carbons (Fsp3) is 0.389. The number of nitrogens with zero attached hydrogens (tertiary/aromatic N) is 4. The Hall–Kier alpha value is -2.22. The number of hydrogen-bond acceptors (Lipinski definition) is 6. The Kier molecular flexibility index (Phi) is 6.38. The van der Waals surface area contributed by atoms with Gasteiger partial charge in [0.2, 0.25) is 0 Å². The summed E-state index contributed by atoms with van der Waals surface area (Å²) in [6, 6.07) is 11.2. The summed E-state index contributed by atoms with van der Waals surface area (Å²) in [5.41, 5.74) is 1.77. The van der Waals surface area contributed by atoms with E-state index in [0.29, 0.717) is 10.7 Å². The molecule has 2 heterocycles. The van der Waals surface area contributed by atoms with E-state index in [-0.39, 0.29) is 19.1 Å². The highest BCUT2D eigenvalue weighted by atomic mass is 35.5. The Bertz CT molecular complexity index is 715. The molecule has 1 aromatic heterocycles. The Balaban J connectivity index is 1.50. The molecular formula is C18H22ClN5O2. The normalized spacial score (nSPS) is 15.1. The second-order valence-electron chi connectivity index (χ2n) is 6.15. The first-order valence-corrected chi connectivity index (χ1v) is 8.98. The molecule has 0 spiro atoms. The lowest BCUT2D eigenvalue weighted by molar-refractivity contribution is 0.0944. The van der Waals surface area contributed by atoms with E-state index in [2.05, 4.69) is 25.3 Å². The van der Waals surface area contributed by atoms with Gasteiger partial charge in [-0.2, -0.15) is 0 Å². The summed E-state index contributed by atoms with van der Waals surface area (Å²) in [7, 11) is 0. The minimum absolute atomic E-state index is 0.0581. The van der Waals surface area contributed by atoms with Gasteiger partial charge >= 0.3 is 0 Å². The van der Waals surface area contributed by atoms with E-state index in [0.717, 1.165) is 38.5 Å². The van der Waals surface area contributed by atoms with E-state index in [1.807, 2.05) is 30.3 Å². The van der Waals surface area contributed by atoms with Gasteiger partial charge in [0.05, 0.1) is 6.61 Å². The van der Waals surface area contributed by atoms with E-state index in [4.69, 9.17) is 16.7 Å². The van der Waals surface area contributed by atoms with Gasteiger partial charge in [0.25, 0.3) is 5.91 Å². The number of benzene rings is 1. The molecule has 1 aliphatic heterocycles. The van der Waals surface area contributed by atoms with Crippen molar-refractivity contribution in [2.45, 2.75) is 6.54 Å². The van der Waals surface area contributed by atoms with Crippen LogP contribution >= 0.6 is 11.6 Å². The van der Waals surface area contributed by atoms with Gasteiger partial charge in [-0.1, -0.05) is 23.7 Å². The number of amides is 1. The van der Waals surface area contributed by atoms with Gasteiger partial charge in [0.15, 0.2) is 11.0 Å². The Morgan fingerprint density at radius 3 is 2.42 bits per heavy atom. The maximum Gasteiger partial charge on any atom is 0.251 e. The van der Waals surface area contributed by atoms with Gasteiger partial charge in [-0.3, -0.25) is 9.69 Å². The molecule has 2 aromatic rings. The van der Waals surface area contributed by atoms with Crippen LogP contribution in [0, 0.1) is 0 Å². The number of hydrogen-bond donors (Lipinski definition) is 2. The van der Waals surface area contributed by atoms with Crippen LogP contribution in [0.5, 0.6) is 0 Å². The molecule has 1 aliphatic rings. The van der Waals surface area contributed by atoms with Crippen molar-refractivity contribution in [1.82, 2.24) is 20.4 Å². The van der Waals surface area contributed by atoms with Crippen molar-refractivity contribution in [3.05, 3.63) is 52.7 Å². The topological polar surface area (TPSA) is 81.6 Å². The van der Waals surface area contributed by atoms with Crippen LogP contribution in [0.4, 0.5) is 5.82 Å². The fourth-order valence-electron chi connectivity index (χ4n) is 2.90. The first kappa shape index (κ1) is 18.6. The molecule has 1 saturated heterocycles. The minimum atomic E-state index is -0.164. The number of aliphatic hydroxyl groups is 1. The van der Waals surface area contributed by atoms with Crippen molar-refractivity contribution in [3.63, 3.8) is 0 Å². The molecule has 0 radical (unpaired) electrons. The number of nitrogens with one attached hydrogen (secondary N) is 1. The first-order valence-electron chi connectivity index (χ1n) is 8.60. The van der Waals surface area contributed by atoms with Crippen LogP contribution in [-0.2, 0) is 6.54 Å². The third kappa shape index (κ3) is 4.91. The Morgan fingerprint density at radius 2 is 1.81 bits per heavy atom. The number of anilines is 1. The first-order chi connectivity index (χ1) is 12.7. The van der Waals surface area contributed by atoms with E-state index in [9.17, 15) is 4.79 Å². The molecule has 0 atom stereocenters. The molecule has 1 aromatic carbocycles. The van der Waals surface area contributed by atoms with Crippen LogP contribution in [0.15, 0.2) is 36.4 Å². The average Bonchev–Trinajstić information content (AvgIpc) is 2.68. The van der Waals surface area contributed by atoms with Crippen molar-refractivity contribution in [1.29, 1.82) is 0 Å². The lowest BCUT2D eigenvalue weighted by Crippen LogP contribution is -2.46. The molecule has 1 amide bonds. The molecule has 3 rings (SSSR count). The summed E-state index contributed by atoms with van der Waals surface area (Å²) in [6.45, 7) is 4.70. The maximum absolute atomic E-state index is 11.8. The zero-order valence-corrected chi connectivity index (χ0v) is 15.2. The predicted molar refractivity (Wildman–Crippen MR) is 100 cm³/mol. The van der Waals surface area contributed by atoms with Crippen LogP contribution in [0.1, 0.15) is 15.9 Å². The Morgan fingerprint density at radius 1 is 1.08 bits per heavy atom. The van der Waals surface area contributed by atoms with Gasteiger partial charge in [0, 0.05) is 44.8 Å². The summed E-state index contributed by atoms with van der Waals surface area (Å²) in [5, 5.41) is 19.8. The van der Waals surface area contributed by atoms with Crippen LogP contribution in [0.3, 0.4) is 0 Å². The number of aliphatic hydroxyl groups excluding tert-OH is 1. The van der Waals surface area contributed by atoms with Gasteiger partial charge < -0.3 is 15.3 Å². The van der Waals surface area contributed by atoms with Gasteiger partial charge in [-0.15, -0.1) is 10.2 Å². The molecule has 1 fully saturated rings. The van der Waals surface area contributed by atoms with Gasteiger partial charge in [-0.05, 0) is 29.8 Å². The summed E-state index contributed by atoms with van der Waals surface area (Å²) in [5.74, 6) is 0.690. The van der Waals surface area contributed by atoms with E-state index in [1.165, 1.54) is 5.56 Å². The number of piperazine rings is 1. The average molecular weight is 376 g/mol. The van der Waals surface area contributed by atoms with Crippen molar-refractivity contribution in [2.75, 3.05) is 44.2 Å². The summed E-state index contributed by atoms with van der Waals surface area (Å²) in [6.07, 6.45) is 0. The molecule has 26 heavy (non-hydrogen) atoms. The maximum atomic E-state index is 11.8. The number of carbonyl (C=O) groups is 1. The van der Waals surface area contributed by atoms with Gasteiger partial charge in [-0.25, -0.2) is 0 Å². The quantitative estimate of drug-likeness (QED) is 0.789.